The van der Waals surface area contributed by atoms with Crippen molar-refractivity contribution in [1.82, 2.24) is 9.55 Å². The van der Waals surface area contributed by atoms with E-state index in [1.54, 1.807) is 0 Å². The van der Waals surface area contributed by atoms with Crippen LogP contribution >= 0.6 is 12.2 Å². The lowest BCUT2D eigenvalue weighted by Crippen LogP contribution is -2.17. The molecule has 0 N–H and O–H groups in total. The smallest absolute Gasteiger partial charge is 0.142 e. The summed E-state index contributed by atoms with van der Waals surface area (Å²) < 4.78 is 3.21. The fourth-order valence-corrected chi connectivity index (χ4v) is 4.36. The maximum atomic E-state index is 5.74. The van der Waals surface area contributed by atoms with Crippen LogP contribution in [-0.2, 0) is 19.4 Å². The maximum Gasteiger partial charge on any atom is 0.142 e. The number of hydrogen-bond acceptors (Lipinski definition) is 2. The summed E-state index contributed by atoms with van der Waals surface area (Å²) in [6.45, 7) is 3.25. The zero-order valence-electron chi connectivity index (χ0n) is 15.9. The van der Waals surface area contributed by atoms with E-state index in [9.17, 15) is 0 Å². The second-order valence-electron chi connectivity index (χ2n) is 7.30. The highest BCUT2D eigenvalue weighted by Gasteiger charge is 2.23. The first-order valence-electron chi connectivity index (χ1n) is 10.1. The molecular weight excluding hydrogens is 348 g/mol. The van der Waals surface area contributed by atoms with Gasteiger partial charge in [0, 0.05) is 23.2 Å². The molecule has 138 valence electrons. The fraction of sp³-hybridized carbons (Fsp3) is 0.333. The molecule has 0 unspecified atom stereocenters. The molecule has 0 bridgehead atoms. The molecule has 0 atom stereocenters. The van der Waals surface area contributed by atoms with Crippen LogP contribution in [0.4, 0.5) is 0 Å². The zero-order chi connectivity index (χ0) is 18.6. The van der Waals surface area contributed by atoms with Crippen molar-refractivity contribution in [3.8, 4) is 22.6 Å². The van der Waals surface area contributed by atoms with Crippen molar-refractivity contribution >= 4 is 12.2 Å². The summed E-state index contributed by atoms with van der Waals surface area (Å²) in [5.41, 5.74) is 6.45. The number of hydrogen-bond donors (Lipinski definition) is 0. The molecule has 0 fully saturated rings. The molecule has 0 saturated heterocycles. The SMILES string of the molecule is CCCCCCn1c(-c2ccccc2)nc(=S)c2c1-c1ccccc1CC2. The minimum absolute atomic E-state index is 0.767. The summed E-state index contributed by atoms with van der Waals surface area (Å²) in [5, 5.41) is 0. The summed E-state index contributed by atoms with van der Waals surface area (Å²) in [6.07, 6.45) is 7.00. The van der Waals surface area contributed by atoms with Crippen LogP contribution in [0, 0.1) is 4.64 Å². The molecule has 4 rings (SSSR count). The lowest BCUT2D eigenvalue weighted by Gasteiger charge is -2.26. The molecule has 1 aliphatic carbocycles. The Bertz CT molecular complexity index is 989. The number of rotatable bonds is 6. The Morgan fingerprint density at radius 1 is 0.926 bits per heavy atom. The third-order valence-electron chi connectivity index (χ3n) is 5.46. The first-order chi connectivity index (χ1) is 13.3. The van der Waals surface area contributed by atoms with Crippen LogP contribution < -0.4 is 0 Å². The Kier molecular flexibility index (Phi) is 5.49. The second kappa shape index (κ2) is 8.18. The molecule has 0 spiro atoms. The standard InChI is InChI=1S/C24H26N2S/c1-2-3-4-10-17-26-22-20-14-9-8-11-18(20)15-16-21(22)24(27)25-23(26)19-12-6-5-7-13-19/h5-9,11-14H,2-4,10,15-17H2,1H3. The number of aromatic nitrogens is 2. The van der Waals surface area contributed by atoms with E-state index in [0.717, 1.165) is 35.4 Å². The third-order valence-corrected chi connectivity index (χ3v) is 5.80. The molecule has 1 aromatic heterocycles. The number of aryl methyl sites for hydroxylation is 1. The molecule has 27 heavy (non-hydrogen) atoms. The summed E-state index contributed by atoms with van der Waals surface area (Å²) in [7, 11) is 0. The molecule has 0 aliphatic heterocycles. The lowest BCUT2D eigenvalue weighted by molar-refractivity contribution is 0.578. The highest BCUT2D eigenvalue weighted by molar-refractivity contribution is 7.71. The van der Waals surface area contributed by atoms with Crippen molar-refractivity contribution in [3.05, 3.63) is 70.4 Å². The summed E-state index contributed by atoms with van der Waals surface area (Å²) in [4.78, 5) is 4.91. The van der Waals surface area contributed by atoms with Crippen molar-refractivity contribution in [1.29, 1.82) is 0 Å². The van der Waals surface area contributed by atoms with E-state index in [-0.39, 0.29) is 0 Å². The summed E-state index contributed by atoms with van der Waals surface area (Å²) >= 11 is 5.74. The number of benzene rings is 2. The van der Waals surface area contributed by atoms with Gasteiger partial charge in [0.1, 0.15) is 10.5 Å². The van der Waals surface area contributed by atoms with Crippen LogP contribution in [0.15, 0.2) is 54.6 Å². The van der Waals surface area contributed by atoms with E-state index in [4.69, 9.17) is 17.2 Å². The quantitative estimate of drug-likeness (QED) is 0.356. The topological polar surface area (TPSA) is 17.8 Å². The lowest BCUT2D eigenvalue weighted by atomic mass is 9.89. The molecule has 3 aromatic rings. The fourth-order valence-electron chi connectivity index (χ4n) is 4.08. The van der Waals surface area contributed by atoms with Crippen LogP contribution in [0.1, 0.15) is 43.7 Å². The molecule has 0 amide bonds. The van der Waals surface area contributed by atoms with Gasteiger partial charge in [0.2, 0.25) is 0 Å². The minimum Gasteiger partial charge on any atom is -0.325 e. The van der Waals surface area contributed by atoms with Gasteiger partial charge in [-0.1, -0.05) is 93.0 Å². The van der Waals surface area contributed by atoms with Gasteiger partial charge in [-0.25, -0.2) is 4.98 Å². The Balaban J connectivity index is 1.91. The normalized spacial score (nSPS) is 12.5. The van der Waals surface area contributed by atoms with Gasteiger partial charge in [-0.05, 0) is 24.8 Å². The van der Waals surface area contributed by atoms with E-state index in [0.29, 0.717) is 0 Å². The molecule has 3 heteroatoms. The Morgan fingerprint density at radius 2 is 1.70 bits per heavy atom. The van der Waals surface area contributed by atoms with Crippen molar-refractivity contribution in [2.24, 2.45) is 0 Å². The van der Waals surface area contributed by atoms with Gasteiger partial charge in [0.25, 0.3) is 0 Å². The van der Waals surface area contributed by atoms with E-state index < -0.39 is 0 Å². The largest absolute Gasteiger partial charge is 0.325 e. The molecule has 2 aromatic carbocycles. The highest BCUT2D eigenvalue weighted by atomic mass is 32.1. The minimum atomic E-state index is 0.767. The predicted octanol–water partition coefficient (Wildman–Crippen LogP) is 6.63. The van der Waals surface area contributed by atoms with Crippen LogP contribution in [0.2, 0.25) is 0 Å². The van der Waals surface area contributed by atoms with Gasteiger partial charge in [0.15, 0.2) is 0 Å². The average molecular weight is 375 g/mol. The Labute approximate surface area is 166 Å². The Morgan fingerprint density at radius 3 is 2.52 bits per heavy atom. The zero-order valence-corrected chi connectivity index (χ0v) is 16.8. The first-order valence-corrected chi connectivity index (χ1v) is 10.5. The summed E-state index contributed by atoms with van der Waals surface area (Å²) in [6, 6.07) is 19.3. The van der Waals surface area contributed by atoms with Gasteiger partial charge in [-0.15, -0.1) is 0 Å². The number of nitrogens with zero attached hydrogens (tertiary/aromatic N) is 2. The van der Waals surface area contributed by atoms with Gasteiger partial charge < -0.3 is 4.57 Å². The predicted molar refractivity (Wildman–Crippen MR) is 115 cm³/mol. The monoisotopic (exact) mass is 374 g/mol. The Hall–Kier alpha value is -2.26. The van der Waals surface area contributed by atoms with E-state index in [1.165, 1.54) is 48.1 Å². The van der Waals surface area contributed by atoms with Crippen molar-refractivity contribution < 1.29 is 0 Å². The van der Waals surface area contributed by atoms with Crippen LogP contribution in [-0.4, -0.2) is 9.55 Å². The molecule has 0 radical (unpaired) electrons. The molecule has 0 saturated carbocycles. The van der Waals surface area contributed by atoms with Crippen LogP contribution in [0.3, 0.4) is 0 Å². The van der Waals surface area contributed by atoms with Crippen molar-refractivity contribution in [2.75, 3.05) is 0 Å². The van der Waals surface area contributed by atoms with Crippen LogP contribution in [0.25, 0.3) is 22.6 Å². The maximum absolute atomic E-state index is 5.74. The highest BCUT2D eigenvalue weighted by Crippen LogP contribution is 2.36. The van der Waals surface area contributed by atoms with Gasteiger partial charge >= 0.3 is 0 Å². The molecule has 1 heterocycles. The molecular formula is C24H26N2S. The van der Waals surface area contributed by atoms with Gasteiger partial charge in [0.05, 0.1) is 5.69 Å². The van der Waals surface area contributed by atoms with E-state index in [1.807, 2.05) is 0 Å². The van der Waals surface area contributed by atoms with Crippen molar-refractivity contribution in [2.45, 2.75) is 52.0 Å². The number of fused-ring (bicyclic) bond motifs is 3. The van der Waals surface area contributed by atoms with E-state index in [2.05, 4.69) is 66.1 Å². The van der Waals surface area contributed by atoms with Gasteiger partial charge in [-0.2, -0.15) is 0 Å². The van der Waals surface area contributed by atoms with Crippen molar-refractivity contribution in [3.63, 3.8) is 0 Å². The summed E-state index contributed by atoms with van der Waals surface area (Å²) in [5.74, 6) is 1.01. The van der Waals surface area contributed by atoms with Gasteiger partial charge in [-0.3, -0.25) is 0 Å². The number of unbranched alkanes of at least 4 members (excludes halogenated alkanes) is 3. The third kappa shape index (κ3) is 3.61. The van der Waals surface area contributed by atoms with Crippen LogP contribution in [0.5, 0.6) is 0 Å². The molecule has 2 nitrogen and oxygen atoms in total. The molecule has 1 aliphatic rings. The first kappa shape index (κ1) is 18.1. The second-order valence-corrected chi connectivity index (χ2v) is 7.69. The average Bonchev–Trinajstić information content (AvgIpc) is 2.72. The van der Waals surface area contributed by atoms with E-state index >= 15 is 0 Å².